The summed E-state index contributed by atoms with van der Waals surface area (Å²) in [6.07, 6.45) is 1.27. The summed E-state index contributed by atoms with van der Waals surface area (Å²) in [5.74, 6) is 0.334. The first-order valence-corrected chi connectivity index (χ1v) is 5.25. The van der Waals surface area contributed by atoms with Gasteiger partial charge in [-0.2, -0.15) is 0 Å². The lowest BCUT2D eigenvalue weighted by atomic mass is 10.1. The SMILES string of the molecule is CCc1ccccc1NC(=O)CCCl. The molecule has 1 aromatic rings. The summed E-state index contributed by atoms with van der Waals surface area (Å²) >= 11 is 5.48. The number of rotatable bonds is 4. The number of hydrogen-bond acceptors (Lipinski definition) is 1. The summed E-state index contributed by atoms with van der Waals surface area (Å²) < 4.78 is 0. The average molecular weight is 212 g/mol. The van der Waals surface area contributed by atoms with Gasteiger partial charge in [-0.1, -0.05) is 25.1 Å². The van der Waals surface area contributed by atoms with Gasteiger partial charge in [0.2, 0.25) is 5.91 Å². The molecule has 0 spiro atoms. The van der Waals surface area contributed by atoms with E-state index in [-0.39, 0.29) is 5.91 Å². The van der Waals surface area contributed by atoms with E-state index >= 15 is 0 Å². The van der Waals surface area contributed by atoms with Crippen LogP contribution < -0.4 is 5.32 Å². The molecule has 0 saturated carbocycles. The first-order valence-electron chi connectivity index (χ1n) is 4.71. The van der Waals surface area contributed by atoms with E-state index in [0.29, 0.717) is 12.3 Å². The van der Waals surface area contributed by atoms with Crippen molar-refractivity contribution in [2.75, 3.05) is 11.2 Å². The van der Waals surface area contributed by atoms with E-state index in [9.17, 15) is 4.79 Å². The minimum atomic E-state index is -0.0269. The molecule has 0 aliphatic carbocycles. The Morgan fingerprint density at radius 2 is 2.14 bits per heavy atom. The van der Waals surface area contributed by atoms with Crippen molar-refractivity contribution < 1.29 is 4.79 Å². The molecule has 3 heteroatoms. The third kappa shape index (κ3) is 3.04. The minimum absolute atomic E-state index is 0.0269. The van der Waals surface area contributed by atoms with Crippen molar-refractivity contribution in [2.24, 2.45) is 0 Å². The van der Waals surface area contributed by atoms with Crippen molar-refractivity contribution in [3.05, 3.63) is 29.8 Å². The van der Waals surface area contributed by atoms with E-state index in [0.717, 1.165) is 17.7 Å². The molecule has 0 atom stereocenters. The summed E-state index contributed by atoms with van der Waals surface area (Å²) in [5, 5.41) is 2.84. The van der Waals surface area contributed by atoms with E-state index in [2.05, 4.69) is 12.2 Å². The third-order valence-corrected chi connectivity index (χ3v) is 2.18. The number of anilines is 1. The van der Waals surface area contributed by atoms with Gasteiger partial charge in [0.05, 0.1) is 0 Å². The molecule has 0 unspecified atom stereocenters. The predicted molar refractivity (Wildman–Crippen MR) is 59.8 cm³/mol. The molecule has 0 aromatic heterocycles. The maximum absolute atomic E-state index is 11.3. The Kier molecular flexibility index (Phi) is 4.47. The molecule has 1 amide bonds. The summed E-state index contributed by atoms with van der Waals surface area (Å²) in [4.78, 5) is 11.3. The zero-order valence-corrected chi connectivity index (χ0v) is 8.97. The first kappa shape index (κ1) is 11.1. The molecule has 0 heterocycles. The van der Waals surface area contributed by atoms with Crippen molar-refractivity contribution in [1.29, 1.82) is 0 Å². The van der Waals surface area contributed by atoms with Crippen molar-refractivity contribution in [2.45, 2.75) is 19.8 Å². The van der Waals surface area contributed by atoms with Crippen LogP contribution in [0.25, 0.3) is 0 Å². The van der Waals surface area contributed by atoms with Gasteiger partial charge in [-0.15, -0.1) is 11.6 Å². The molecule has 0 radical (unpaired) electrons. The monoisotopic (exact) mass is 211 g/mol. The molecular formula is C11H14ClNO. The van der Waals surface area contributed by atoms with Crippen LogP contribution in [0.15, 0.2) is 24.3 Å². The van der Waals surface area contributed by atoms with Crippen molar-refractivity contribution >= 4 is 23.2 Å². The Morgan fingerprint density at radius 1 is 1.43 bits per heavy atom. The Hall–Kier alpha value is -1.02. The lowest BCUT2D eigenvalue weighted by molar-refractivity contribution is -0.115. The molecule has 1 N–H and O–H groups in total. The lowest BCUT2D eigenvalue weighted by Gasteiger charge is -2.08. The highest BCUT2D eigenvalue weighted by Gasteiger charge is 2.03. The Bertz CT molecular complexity index is 312. The first-order chi connectivity index (χ1) is 6.77. The minimum Gasteiger partial charge on any atom is -0.326 e. The summed E-state index contributed by atoms with van der Waals surface area (Å²) in [6, 6.07) is 7.80. The van der Waals surface area contributed by atoms with Gasteiger partial charge in [0.1, 0.15) is 0 Å². The van der Waals surface area contributed by atoms with Crippen LogP contribution >= 0.6 is 11.6 Å². The molecular weight excluding hydrogens is 198 g/mol. The molecule has 14 heavy (non-hydrogen) atoms. The molecule has 0 fully saturated rings. The van der Waals surface area contributed by atoms with E-state index in [4.69, 9.17) is 11.6 Å². The second-order valence-corrected chi connectivity index (χ2v) is 3.38. The second-order valence-electron chi connectivity index (χ2n) is 3.00. The number of para-hydroxylation sites is 1. The van der Waals surface area contributed by atoms with Gasteiger partial charge in [-0.25, -0.2) is 0 Å². The summed E-state index contributed by atoms with van der Waals surface area (Å²) in [5.41, 5.74) is 2.04. The number of carbonyl (C=O) groups excluding carboxylic acids is 1. The number of carbonyl (C=O) groups is 1. The Labute approximate surface area is 89.3 Å². The van der Waals surface area contributed by atoms with Gasteiger partial charge in [-0.3, -0.25) is 4.79 Å². The number of hydrogen-bond donors (Lipinski definition) is 1. The van der Waals surface area contributed by atoms with Crippen LogP contribution in [0.1, 0.15) is 18.9 Å². The Morgan fingerprint density at radius 3 is 2.79 bits per heavy atom. The average Bonchev–Trinajstić information content (AvgIpc) is 2.19. The van der Waals surface area contributed by atoms with Crippen molar-refractivity contribution in [3.8, 4) is 0 Å². The molecule has 2 nitrogen and oxygen atoms in total. The molecule has 76 valence electrons. The smallest absolute Gasteiger partial charge is 0.225 e. The number of halogens is 1. The number of amides is 1. The normalized spacial score (nSPS) is 9.86. The molecule has 0 aliphatic heterocycles. The number of nitrogens with one attached hydrogen (secondary N) is 1. The van der Waals surface area contributed by atoms with Crippen LogP contribution in [0.4, 0.5) is 5.69 Å². The predicted octanol–water partition coefficient (Wildman–Crippen LogP) is 2.82. The van der Waals surface area contributed by atoms with Gasteiger partial charge < -0.3 is 5.32 Å². The zero-order chi connectivity index (χ0) is 10.4. The second kappa shape index (κ2) is 5.66. The van der Waals surface area contributed by atoms with Crippen LogP contribution in [0.5, 0.6) is 0 Å². The fourth-order valence-electron chi connectivity index (χ4n) is 1.25. The van der Waals surface area contributed by atoms with E-state index < -0.39 is 0 Å². The quantitative estimate of drug-likeness (QED) is 0.763. The van der Waals surface area contributed by atoms with Crippen LogP contribution in [0.3, 0.4) is 0 Å². The molecule has 0 bridgehead atoms. The maximum atomic E-state index is 11.3. The van der Waals surface area contributed by atoms with Crippen molar-refractivity contribution in [1.82, 2.24) is 0 Å². The van der Waals surface area contributed by atoms with Crippen LogP contribution in [0.2, 0.25) is 0 Å². The van der Waals surface area contributed by atoms with Gasteiger partial charge in [0.25, 0.3) is 0 Å². The Balaban J connectivity index is 2.70. The highest BCUT2D eigenvalue weighted by Crippen LogP contribution is 2.15. The number of aryl methyl sites for hydroxylation is 1. The zero-order valence-electron chi connectivity index (χ0n) is 8.22. The van der Waals surface area contributed by atoms with Crippen molar-refractivity contribution in [3.63, 3.8) is 0 Å². The molecule has 1 aromatic carbocycles. The van der Waals surface area contributed by atoms with E-state index in [1.54, 1.807) is 0 Å². The number of alkyl halides is 1. The highest BCUT2D eigenvalue weighted by atomic mass is 35.5. The summed E-state index contributed by atoms with van der Waals surface area (Å²) in [7, 11) is 0. The fourth-order valence-corrected chi connectivity index (χ4v) is 1.42. The standard InChI is InChI=1S/C11H14ClNO/c1-2-9-5-3-4-6-10(9)13-11(14)7-8-12/h3-6H,2,7-8H2,1H3,(H,13,14). The number of benzene rings is 1. The topological polar surface area (TPSA) is 29.1 Å². The van der Waals surface area contributed by atoms with Crippen LogP contribution in [-0.4, -0.2) is 11.8 Å². The largest absolute Gasteiger partial charge is 0.326 e. The molecule has 1 rings (SSSR count). The van der Waals surface area contributed by atoms with Gasteiger partial charge >= 0.3 is 0 Å². The van der Waals surface area contributed by atoms with Gasteiger partial charge in [0.15, 0.2) is 0 Å². The van der Waals surface area contributed by atoms with Gasteiger partial charge in [0, 0.05) is 18.0 Å². The van der Waals surface area contributed by atoms with Crippen LogP contribution in [0, 0.1) is 0 Å². The third-order valence-electron chi connectivity index (χ3n) is 1.99. The van der Waals surface area contributed by atoms with Crippen LogP contribution in [-0.2, 0) is 11.2 Å². The summed E-state index contributed by atoms with van der Waals surface area (Å²) in [6.45, 7) is 2.06. The van der Waals surface area contributed by atoms with E-state index in [1.165, 1.54) is 0 Å². The van der Waals surface area contributed by atoms with E-state index in [1.807, 2.05) is 24.3 Å². The highest BCUT2D eigenvalue weighted by molar-refractivity contribution is 6.19. The van der Waals surface area contributed by atoms with Gasteiger partial charge in [-0.05, 0) is 18.1 Å². The maximum Gasteiger partial charge on any atom is 0.225 e. The lowest BCUT2D eigenvalue weighted by Crippen LogP contribution is -2.12. The molecule has 0 saturated heterocycles. The molecule has 0 aliphatic rings. The fraction of sp³-hybridized carbons (Fsp3) is 0.364.